The van der Waals surface area contributed by atoms with Gasteiger partial charge < -0.3 is 0 Å². The van der Waals surface area contributed by atoms with Gasteiger partial charge in [-0.05, 0) is 51.3 Å². The van der Waals surface area contributed by atoms with Gasteiger partial charge in [0.05, 0.1) is 5.69 Å². The van der Waals surface area contributed by atoms with Gasteiger partial charge in [-0.15, -0.1) is 0 Å². The highest BCUT2D eigenvalue weighted by Crippen LogP contribution is 2.25. The smallest absolute Gasteiger partial charge is 0.0691 e. The van der Waals surface area contributed by atoms with Crippen molar-refractivity contribution in [2.24, 2.45) is 4.99 Å². The summed E-state index contributed by atoms with van der Waals surface area (Å²) >= 11 is 0. The van der Waals surface area contributed by atoms with Crippen molar-refractivity contribution in [1.82, 2.24) is 0 Å². The third-order valence-corrected chi connectivity index (χ3v) is 2.53. The molecule has 0 saturated heterocycles. The normalized spacial score (nSPS) is 11.7. The van der Waals surface area contributed by atoms with E-state index in [0.29, 0.717) is 0 Å². The van der Waals surface area contributed by atoms with Crippen LogP contribution >= 0.6 is 0 Å². The molecule has 0 bridgehead atoms. The Morgan fingerprint density at radius 2 is 1.53 bits per heavy atom. The van der Waals surface area contributed by atoms with Crippen molar-refractivity contribution in [2.75, 3.05) is 0 Å². The molecule has 0 heterocycles. The summed E-state index contributed by atoms with van der Waals surface area (Å²) in [5, 5.41) is 0. The van der Waals surface area contributed by atoms with Gasteiger partial charge in [0.25, 0.3) is 0 Å². The van der Waals surface area contributed by atoms with Crippen molar-refractivity contribution >= 4 is 11.4 Å². The molecule has 0 unspecified atom stereocenters. The average molecular weight is 201 g/mol. The maximum atomic E-state index is 4.62. The van der Waals surface area contributed by atoms with E-state index in [1.165, 1.54) is 16.7 Å². The molecule has 0 aliphatic rings. The second kappa shape index (κ2) is 4.43. The number of allylic oxidation sites excluding steroid dienone is 1. The lowest BCUT2D eigenvalue weighted by Gasteiger charge is -2.08. The van der Waals surface area contributed by atoms with Gasteiger partial charge in [0, 0.05) is 5.71 Å². The van der Waals surface area contributed by atoms with Gasteiger partial charge in [-0.1, -0.05) is 24.3 Å². The Morgan fingerprint density at radius 3 is 1.93 bits per heavy atom. The predicted octanol–water partition coefficient (Wildman–Crippen LogP) is 4.28. The minimum atomic E-state index is 1.00. The van der Waals surface area contributed by atoms with E-state index in [9.17, 15) is 0 Å². The van der Waals surface area contributed by atoms with Gasteiger partial charge in [0.1, 0.15) is 0 Å². The molecule has 0 amide bonds. The second-order valence-electron chi connectivity index (χ2n) is 4.22. The van der Waals surface area contributed by atoms with Gasteiger partial charge >= 0.3 is 0 Å². The van der Waals surface area contributed by atoms with Crippen LogP contribution in [0, 0.1) is 20.8 Å². The van der Waals surface area contributed by atoms with Crippen LogP contribution < -0.4 is 0 Å². The van der Waals surface area contributed by atoms with Gasteiger partial charge in [-0.2, -0.15) is 0 Å². The zero-order chi connectivity index (χ0) is 11.6. The van der Waals surface area contributed by atoms with Crippen molar-refractivity contribution in [1.29, 1.82) is 0 Å². The van der Waals surface area contributed by atoms with E-state index in [1.54, 1.807) is 0 Å². The van der Waals surface area contributed by atoms with Crippen LogP contribution in [0.1, 0.15) is 30.5 Å². The number of hydrogen-bond donors (Lipinski definition) is 0. The highest BCUT2D eigenvalue weighted by Gasteiger charge is 2.03. The highest BCUT2D eigenvalue weighted by atomic mass is 14.8. The Labute approximate surface area is 92.6 Å². The van der Waals surface area contributed by atoms with Crippen molar-refractivity contribution in [3.05, 3.63) is 41.0 Å². The van der Waals surface area contributed by atoms with Gasteiger partial charge in [0.2, 0.25) is 0 Å². The maximum absolute atomic E-state index is 4.62. The molecule has 0 aromatic heterocycles. The van der Waals surface area contributed by atoms with Crippen LogP contribution in [0.3, 0.4) is 0 Å². The summed E-state index contributed by atoms with van der Waals surface area (Å²) in [6.07, 6.45) is 0. The van der Waals surface area contributed by atoms with E-state index in [0.717, 1.165) is 17.0 Å². The Hall–Kier alpha value is -1.37. The number of aryl methyl sites for hydroxylation is 3. The molecule has 80 valence electrons. The van der Waals surface area contributed by atoms with Crippen LogP contribution in [0.15, 0.2) is 29.3 Å². The van der Waals surface area contributed by atoms with Crippen molar-refractivity contribution in [2.45, 2.75) is 34.6 Å². The molecule has 15 heavy (non-hydrogen) atoms. The van der Waals surface area contributed by atoms with Crippen molar-refractivity contribution in [3.63, 3.8) is 0 Å². The number of benzene rings is 1. The van der Waals surface area contributed by atoms with Crippen molar-refractivity contribution in [3.8, 4) is 0 Å². The summed E-state index contributed by atoms with van der Waals surface area (Å²) in [5.74, 6) is 0. The molecule has 0 saturated carbocycles. The standard InChI is InChI=1S/C14H19N/c1-9(2)13(6)15-14-11(4)7-10(3)8-12(14)5/h7-8H,1H2,2-6H3/b15-13+. The minimum absolute atomic E-state index is 1.00. The summed E-state index contributed by atoms with van der Waals surface area (Å²) in [6.45, 7) is 14.2. The molecule has 0 atom stereocenters. The monoisotopic (exact) mass is 201 g/mol. The lowest BCUT2D eigenvalue weighted by molar-refractivity contribution is 1.28. The summed E-state index contributed by atoms with van der Waals surface area (Å²) in [6, 6.07) is 4.33. The fourth-order valence-corrected chi connectivity index (χ4v) is 1.61. The van der Waals surface area contributed by atoms with Gasteiger partial charge in [-0.25, -0.2) is 0 Å². The third-order valence-electron chi connectivity index (χ3n) is 2.53. The lowest BCUT2D eigenvalue weighted by Crippen LogP contribution is -1.92. The minimum Gasteiger partial charge on any atom is -0.253 e. The lowest BCUT2D eigenvalue weighted by atomic mass is 10.1. The Balaban J connectivity index is 3.27. The summed E-state index contributed by atoms with van der Waals surface area (Å²) in [7, 11) is 0. The van der Waals surface area contributed by atoms with Crippen LogP contribution in [0.5, 0.6) is 0 Å². The molecule has 0 aliphatic heterocycles. The SMILES string of the molecule is C=C(C)/C(C)=N/c1c(C)cc(C)cc1C. The molecule has 1 nitrogen and oxygen atoms in total. The number of hydrogen-bond acceptors (Lipinski definition) is 1. The van der Waals surface area contributed by atoms with E-state index in [1.807, 2.05) is 13.8 Å². The fourth-order valence-electron chi connectivity index (χ4n) is 1.61. The zero-order valence-electron chi connectivity index (χ0n) is 10.3. The summed E-state index contributed by atoms with van der Waals surface area (Å²) in [5.41, 5.74) is 6.86. The number of aliphatic imine (C=N–C) groups is 1. The fraction of sp³-hybridized carbons (Fsp3) is 0.357. The van der Waals surface area contributed by atoms with Gasteiger partial charge in [0.15, 0.2) is 0 Å². The van der Waals surface area contributed by atoms with Crippen LogP contribution in [0.25, 0.3) is 0 Å². The first-order chi connectivity index (χ1) is 6.91. The molecule has 0 aliphatic carbocycles. The molecular formula is C14H19N. The largest absolute Gasteiger partial charge is 0.253 e. The zero-order valence-corrected chi connectivity index (χ0v) is 10.3. The molecule has 0 N–H and O–H groups in total. The first-order valence-electron chi connectivity index (χ1n) is 5.21. The number of nitrogens with zero attached hydrogens (tertiary/aromatic N) is 1. The van der Waals surface area contributed by atoms with Crippen molar-refractivity contribution < 1.29 is 0 Å². The van der Waals surface area contributed by atoms with Crippen LogP contribution in [-0.4, -0.2) is 5.71 Å². The van der Waals surface area contributed by atoms with E-state index >= 15 is 0 Å². The third kappa shape index (κ3) is 2.79. The molecule has 1 rings (SSSR count). The Bertz CT molecular complexity index is 402. The molecule has 0 radical (unpaired) electrons. The number of rotatable bonds is 2. The summed E-state index contributed by atoms with van der Waals surface area (Å²) < 4.78 is 0. The molecule has 0 spiro atoms. The first-order valence-corrected chi connectivity index (χ1v) is 5.21. The topological polar surface area (TPSA) is 12.4 Å². The first kappa shape index (κ1) is 11.7. The predicted molar refractivity (Wildman–Crippen MR) is 68.2 cm³/mol. The molecule has 1 aromatic carbocycles. The summed E-state index contributed by atoms with van der Waals surface area (Å²) in [4.78, 5) is 4.62. The Morgan fingerprint density at radius 1 is 1.07 bits per heavy atom. The molecule has 1 heteroatoms. The van der Waals surface area contributed by atoms with E-state index in [-0.39, 0.29) is 0 Å². The van der Waals surface area contributed by atoms with E-state index < -0.39 is 0 Å². The molecular weight excluding hydrogens is 182 g/mol. The van der Waals surface area contributed by atoms with Gasteiger partial charge in [-0.3, -0.25) is 4.99 Å². The maximum Gasteiger partial charge on any atom is 0.0691 e. The van der Waals surface area contributed by atoms with Crippen LogP contribution in [0.4, 0.5) is 5.69 Å². The molecule has 0 fully saturated rings. The van der Waals surface area contributed by atoms with Crippen LogP contribution in [-0.2, 0) is 0 Å². The quantitative estimate of drug-likeness (QED) is 0.633. The highest BCUT2D eigenvalue weighted by molar-refractivity contribution is 5.99. The van der Waals surface area contributed by atoms with E-state index in [4.69, 9.17) is 0 Å². The second-order valence-corrected chi connectivity index (χ2v) is 4.22. The molecule has 1 aromatic rings. The average Bonchev–Trinajstić information content (AvgIpc) is 2.10. The van der Waals surface area contributed by atoms with Crippen LogP contribution in [0.2, 0.25) is 0 Å². The Kier molecular flexibility index (Phi) is 3.46. The van der Waals surface area contributed by atoms with E-state index in [2.05, 4.69) is 44.5 Å².